The molecule has 1 unspecified atom stereocenters. The van der Waals surface area contributed by atoms with Gasteiger partial charge in [-0.15, -0.1) is 0 Å². The van der Waals surface area contributed by atoms with E-state index in [0.717, 1.165) is 27.7 Å². The van der Waals surface area contributed by atoms with Gasteiger partial charge in [-0.25, -0.2) is 9.07 Å². The van der Waals surface area contributed by atoms with Gasteiger partial charge in [-0.05, 0) is 58.5 Å². The number of hydrogen-bond donors (Lipinski definition) is 1. The summed E-state index contributed by atoms with van der Waals surface area (Å²) in [6.07, 6.45) is 2.21. The molecular formula is C32H30FN3O. The fourth-order valence-corrected chi connectivity index (χ4v) is 5.03. The molecular weight excluding hydrogens is 461 g/mol. The molecule has 1 amide bonds. The van der Waals surface area contributed by atoms with Crippen LogP contribution in [-0.4, -0.2) is 22.2 Å². The Morgan fingerprint density at radius 1 is 0.892 bits per heavy atom. The monoisotopic (exact) mass is 491 g/mol. The highest BCUT2D eigenvalue weighted by atomic mass is 19.1. The molecule has 0 spiro atoms. The minimum atomic E-state index is -0.272. The number of amides is 1. The Bertz CT molecular complexity index is 1490. The minimum Gasteiger partial charge on any atom is -0.355 e. The molecule has 0 saturated heterocycles. The van der Waals surface area contributed by atoms with E-state index >= 15 is 0 Å². The molecule has 5 aromatic rings. The molecule has 1 N–H and O–H groups in total. The van der Waals surface area contributed by atoms with Crippen LogP contribution in [0.25, 0.3) is 16.6 Å². The van der Waals surface area contributed by atoms with Crippen molar-refractivity contribution in [1.82, 2.24) is 15.1 Å². The van der Waals surface area contributed by atoms with Crippen LogP contribution in [0.4, 0.5) is 4.39 Å². The molecule has 0 fully saturated rings. The fourth-order valence-electron chi connectivity index (χ4n) is 5.03. The third kappa shape index (κ3) is 5.46. The van der Waals surface area contributed by atoms with E-state index in [0.29, 0.717) is 13.0 Å². The SMILES string of the molecule is CC(C)(CNC(=O)Cc1ccccc1)C(c1ccccc1)c1ccc2c(cnn2-c2ccc(F)cc2)c1. The number of halogens is 1. The van der Waals surface area contributed by atoms with Crippen LogP contribution in [0, 0.1) is 11.2 Å². The second-order valence-electron chi connectivity index (χ2n) is 10.1. The largest absolute Gasteiger partial charge is 0.355 e. The van der Waals surface area contributed by atoms with E-state index in [4.69, 9.17) is 0 Å². The van der Waals surface area contributed by atoms with Gasteiger partial charge in [0.25, 0.3) is 0 Å². The number of nitrogens with one attached hydrogen (secondary N) is 1. The lowest BCUT2D eigenvalue weighted by Gasteiger charge is -2.35. The first-order valence-electron chi connectivity index (χ1n) is 12.5. The number of aromatic nitrogens is 2. The third-order valence-electron chi connectivity index (χ3n) is 6.86. The van der Waals surface area contributed by atoms with Gasteiger partial charge in [-0.3, -0.25) is 4.79 Å². The second-order valence-corrected chi connectivity index (χ2v) is 10.1. The molecule has 4 nitrogen and oxygen atoms in total. The first-order chi connectivity index (χ1) is 17.9. The predicted molar refractivity (Wildman–Crippen MR) is 146 cm³/mol. The molecule has 1 heterocycles. The molecule has 5 rings (SSSR count). The second kappa shape index (κ2) is 10.4. The van der Waals surface area contributed by atoms with Crippen molar-refractivity contribution in [2.75, 3.05) is 6.54 Å². The quantitative estimate of drug-likeness (QED) is 0.263. The maximum Gasteiger partial charge on any atom is 0.224 e. The lowest BCUT2D eigenvalue weighted by Crippen LogP contribution is -2.38. The number of carbonyl (C=O) groups excluding carboxylic acids is 1. The van der Waals surface area contributed by atoms with Gasteiger partial charge in [0, 0.05) is 17.8 Å². The summed E-state index contributed by atoms with van der Waals surface area (Å²) in [5.74, 6) is -0.210. The standard InChI is InChI=1S/C32H30FN3O/c1-32(2,22-34-30(37)19-23-9-5-3-6-10-23)31(24-11-7-4-8-12-24)25-13-18-29-26(20-25)21-35-36(29)28-16-14-27(33)15-17-28/h3-18,20-21,31H,19,22H2,1-2H3,(H,34,37). The first-order valence-corrected chi connectivity index (χ1v) is 12.5. The Kier molecular flexibility index (Phi) is 6.87. The third-order valence-corrected chi connectivity index (χ3v) is 6.86. The highest BCUT2D eigenvalue weighted by Gasteiger charge is 2.33. The smallest absolute Gasteiger partial charge is 0.224 e. The molecule has 0 aliphatic rings. The Hall–Kier alpha value is -4.25. The Balaban J connectivity index is 1.44. The van der Waals surface area contributed by atoms with Crippen molar-refractivity contribution >= 4 is 16.8 Å². The van der Waals surface area contributed by atoms with Crippen molar-refractivity contribution in [1.29, 1.82) is 0 Å². The fraction of sp³-hybridized carbons (Fsp3) is 0.188. The van der Waals surface area contributed by atoms with Crippen LogP contribution >= 0.6 is 0 Å². The van der Waals surface area contributed by atoms with Gasteiger partial charge < -0.3 is 5.32 Å². The molecule has 186 valence electrons. The molecule has 0 bridgehead atoms. The lowest BCUT2D eigenvalue weighted by molar-refractivity contribution is -0.120. The van der Waals surface area contributed by atoms with E-state index in [2.05, 4.69) is 66.7 Å². The molecule has 1 atom stereocenters. The minimum absolute atomic E-state index is 0.0158. The van der Waals surface area contributed by atoms with Gasteiger partial charge in [0.1, 0.15) is 5.82 Å². The van der Waals surface area contributed by atoms with Crippen molar-refractivity contribution in [2.24, 2.45) is 5.41 Å². The van der Waals surface area contributed by atoms with Crippen LogP contribution in [0.15, 0.2) is 109 Å². The van der Waals surface area contributed by atoms with Crippen molar-refractivity contribution in [2.45, 2.75) is 26.2 Å². The number of nitrogens with zero attached hydrogens (tertiary/aromatic N) is 2. The predicted octanol–water partition coefficient (Wildman–Crippen LogP) is 6.68. The van der Waals surface area contributed by atoms with Crippen molar-refractivity contribution in [3.63, 3.8) is 0 Å². The van der Waals surface area contributed by atoms with Crippen molar-refractivity contribution in [3.05, 3.63) is 132 Å². The van der Waals surface area contributed by atoms with Crippen molar-refractivity contribution in [3.8, 4) is 5.69 Å². The molecule has 5 heteroatoms. The number of fused-ring (bicyclic) bond motifs is 1. The number of rotatable bonds is 8. The Morgan fingerprint density at radius 3 is 2.27 bits per heavy atom. The zero-order valence-corrected chi connectivity index (χ0v) is 21.1. The Labute approximate surface area is 216 Å². The zero-order chi connectivity index (χ0) is 25.8. The summed E-state index contributed by atoms with van der Waals surface area (Å²) < 4.78 is 15.2. The van der Waals surface area contributed by atoms with Gasteiger partial charge in [-0.1, -0.05) is 80.6 Å². The van der Waals surface area contributed by atoms with Gasteiger partial charge in [0.05, 0.1) is 23.8 Å². The average Bonchev–Trinajstić information content (AvgIpc) is 3.33. The summed E-state index contributed by atoms with van der Waals surface area (Å²) in [5.41, 5.74) is 4.84. The molecule has 37 heavy (non-hydrogen) atoms. The van der Waals surface area contributed by atoms with Gasteiger partial charge >= 0.3 is 0 Å². The van der Waals surface area contributed by atoms with Gasteiger partial charge in [0.2, 0.25) is 5.91 Å². The first kappa shape index (κ1) is 24.4. The maximum atomic E-state index is 13.4. The van der Waals surface area contributed by atoms with Gasteiger partial charge in [0.15, 0.2) is 0 Å². The number of carbonyl (C=O) groups is 1. The highest BCUT2D eigenvalue weighted by Crippen LogP contribution is 2.41. The normalized spacial score (nSPS) is 12.4. The van der Waals surface area contributed by atoms with Gasteiger partial charge in [-0.2, -0.15) is 5.10 Å². The van der Waals surface area contributed by atoms with Crippen LogP contribution < -0.4 is 5.32 Å². The molecule has 0 aliphatic heterocycles. The van der Waals surface area contributed by atoms with Crippen LogP contribution in [0.3, 0.4) is 0 Å². The van der Waals surface area contributed by atoms with E-state index < -0.39 is 0 Å². The van der Waals surface area contributed by atoms with Crippen LogP contribution in [-0.2, 0) is 11.2 Å². The van der Waals surface area contributed by atoms with E-state index in [-0.39, 0.29) is 23.1 Å². The summed E-state index contributed by atoms with van der Waals surface area (Å²) in [7, 11) is 0. The highest BCUT2D eigenvalue weighted by molar-refractivity contribution is 5.81. The summed E-state index contributed by atoms with van der Waals surface area (Å²) >= 11 is 0. The van der Waals surface area contributed by atoms with E-state index in [1.807, 2.05) is 47.3 Å². The molecule has 1 aromatic heterocycles. The summed E-state index contributed by atoms with van der Waals surface area (Å²) in [5, 5.41) is 8.75. The van der Waals surface area contributed by atoms with E-state index in [1.54, 1.807) is 12.1 Å². The summed E-state index contributed by atoms with van der Waals surface area (Å²) in [4.78, 5) is 12.7. The molecule has 0 saturated carbocycles. The summed E-state index contributed by atoms with van der Waals surface area (Å²) in [6, 6.07) is 32.9. The topological polar surface area (TPSA) is 46.9 Å². The number of hydrogen-bond acceptors (Lipinski definition) is 2. The summed E-state index contributed by atoms with van der Waals surface area (Å²) in [6.45, 7) is 4.92. The maximum absolute atomic E-state index is 13.4. The van der Waals surface area contributed by atoms with Crippen molar-refractivity contribution < 1.29 is 9.18 Å². The van der Waals surface area contributed by atoms with E-state index in [1.165, 1.54) is 17.7 Å². The van der Waals surface area contributed by atoms with Crippen LogP contribution in [0.1, 0.15) is 36.5 Å². The Morgan fingerprint density at radius 2 is 1.57 bits per heavy atom. The number of benzene rings is 4. The van der Waals surface area contributed by atoms with Crippen LogP contribution in [0.2, 0.25) is 0 Å². The molecule has 0 aliphatic carbocycles. The lowest BCUT2D eigenvalue weighted by atomic mass is 9.71. The van der Waals surface area contributed by atoms with E-state index in [9.17, 15) is 9.18 Å². The molecule has 0 radical (unpaired) electrons. The zero-order valence-electron chi connectivity index (χ0n) is 21.1. The average molecular weight is 492 g/mol. The molecule has 4 aromatic carbocycles. The van der Waals surface area contributed by atoms with Crippen LogP contribution in [0.5, 0.6) is 0 Å².